The first-order valence-electron chi connectivity index (χ1n) is 8.02. The van der Waals surface area contributed by atoms with Crippen molar-refractivity contribution in [3.8, 4) is 0 Å². The lowest BCUT2D eigenvalue weighted by Crippen LogP contribution is -2.64. The van der Waals surface area contributed by atoms with E-state index in [1.165, 1.54) is 7.05 Å². The summed E-state index contributed by atoms with van der Waals surface area (Å²) in [6.07, 6.45) is 2.95. The Labute approximate surface area is 135 Å². The fraction of sp³-hybridized carbons (Fsp3) is 0.471. The minimum Gasteiger partial charge on any atom is -0.357 e. The van der Waals surface area contributed by atoms with Gasteiger partial charge in [-0.2, -0.15) is 0 Å². The largest absolute Gasteiger partial charge is 0.357 e. The van der Waals surface area contributed by atoms with Crippen LogP contribution in [0.15, 0.2) is 30.3 Å². The summed E-state index contributed by atoms with van der Waals surface area (Å²) >= 11 is 0. The summed E-state index contributed by atoms with van der Waals surface area (Å²) < 4.78 is 0. The van der Waals surface area contributed by atoms with E-state index in [-0.39, 0.29) is 30.3 Å². The van der Waals surface area contributed by atoms with Crippen molar-refractivity contribution >= 4 is 17.8 Å². The van der Waals surface area contributed by atoms with Gasteiger partial charge in [0.25, 0.3) is 0 Å². The summed E-state index contributed by atoms with van der Waals surface area (Å²) in [6.45, 7) is 0.614. The van der Waals surface area contributed by atoms with E-state index < -0.39 is 6.04 Å². The lowest BCUT2D eigenvalue weighted by atomic mass is 9.94. The van der Waals surface area contributed by atoms with Crippen LogP contribution in [0.3, 0.4) is 0 Å². The molecule has 0 saturated carbocycles. The lowest BCUT2D eigenvalue weighted by molar-refractivity contribution is -0.149. The molecule has 2 aliphatic rings. The molecule has 0 spiro atoms. The third kappa shape index (κ3) is 2.81. The van der Waals surface area contributed by atoms with Crippen LogP contribution in [-0.4, -0.2) is 47.3 Å². The minimum atomic E-state index is -0.668. The molecule has 6 nitrogen and oxygen atoms in total. The number of carbonyl (C=O) groups excluding carboxylic acids is 3. The quantitative estimate of drug-likeness (QED) is 0.844. The van der Waals surface area contributed by atoms with Crippen molar-refractivity contribution in [3.63, 3.8) is 0 Å². The molecule has 2 unspecified atom stereocenters. The standard InChI is InChI=1S/C17H21N3O3/c1-18-16(22)14-11-15(21)20(14)17(23)19-10-6-5-9-13(19)12-7-3-2-4-8-12/h2-4,7-8,13-14H,5-6,9-11H2,1H3,(H,18,22). The van der Waals surface area contributed by atoms with E-state index in [4.69, 9.17) is 0 Å². The summed E-state index contributed by atoms with van der Waals surface area (Å²) in [5.41, 5.74) is 1.07. The van der Waals surface area contributed by atoms with E-state index in [9.17, 15) is 14.4 Å². The van der Waals surface area contributed by atoms with Crippen molar-refractivity contribution in [3.05, 3.63) is 35.9 Å². The predicted octanol–water partition coefficient (Wildman–Crippen LogP) is 1.68. The van der Waals surface area contributed by atoms with Gasteiger partial charge in [-0.15, -0.1) is 0 Å². The molecule has 2 atom stereocenters. The van der Waals surface area contributed by atoms with Crippen LogP contribution in [0.4, 0.5) is 4.79 Å². The number of likely N-dealkylation sites (N-methyl/N-ethyl adjacent to an activating group) is 1. The topological polar surface area (TPSA) is 69.7 Å². The number of hydrogen-bond acceptors (Lipinski definition) is 3. The molecule has 2 fully saturated rings. The average molecular weight is 315 g/mol. The molecule has 0 bridgehead atoms. The zero-order valence-corrected chi connectivity index (χ0v) is 13.2. The third-order valence-corrected chi connectivity index (χ3v) is 4.64. The molecule has 0 aromatic heterocycles. The molecule has 0 radical (unpaired) electrons. The molecule has 2 saturated heterocycles. The first-order chi connectivity index (χ1) is 11.1. The summed E-state index contributed by atoms with van der Waals surface area (Å²) in [6, 6.07) is 8.81. The Balaban J connectivity index is 1.81. The fourth-order valence-electron chi connectivity index (χ4n) is 3.35. The van der Waals surface area contributed by atoms with Crippen molar-refractivity contribution in [2.24, 2.45) is 0 Å². The number of amides is 4. The highest BCUT2D eigenvalue weighted by molar-refractivity contribution is 6.07. The Hall–Kier alpha value is -2.37. The maximum absolute atomic E-state index is 12.9. The van der Waals surface area contributed by atoms with Crippen LogP contribution >= 0.6 is 0 Å². The molecule has 0 aliphatic carbocycles. The molecule has 2 heterocycles. The second-order valence-electron chi connectivity index (χ2n) is 6.00. The number of urea groups is 1. The van der Waals surface area contributed by atoms with Crippen LogP contribution in [-0.2, 0) is 9.59 Å². The number of piperidine rings is 1. The number of nitrogens with zero attached hydrogens (tertiary/aromatic N) is 2. The van der Waals surface area contributed by atoms with Crippen LogP contribution in [0.25, 0.3) is 0 Å². The molecule has 1 aromatic carbocycles. The van der Waals surface area contributed by atoms with E-state index >= 15 is 0 Å². The highest BCUT2D eigenvalue weighted by Gasteiger charge is 2.47. The molecule has 1 N–H and O–H groups in total. The SMILES string of the molecule is CNC(=O)C1CC(=O)N1C(=O)N1CCCCC1c1ccccc1. The number of imide groups is 1. The molecule has 1 aromatic rings. The number of likely N-dealkylation sites (tertiary alicyclic amines) is 2. The molecule has 2 aliphatic heterocycles. The molecular weight excluding hydrogens is 294 g/mol. The number of carbonyl (C=O) groups is 3. The number of nitrogens with one attached hydrogen (secondary N) is 1. The van der Waals surface area contributed by atoms with Crippen molar-refractivity contribution in [1.29, 1.82) is 0 Å². The van der Waals surface area contributed by atoms with Gasteiger partial charge in [-0.1, -0.05) is 30.3 Å². The maximum atomic E-state index is 12.9. The van der Waals surface area contributed by atoms with Crippen molar-refractivity contribution in [1.82, 2.24) is 15.1 Å². The summed E-state index contributed by atoms with van der Waals surface area (Å²) in [5, 5.41) is 2.51. The predicted molar refractivity (Wildman–Crippen MR) is 84.5 cm³/mol. The second-order valence-corrected chi connectivity index (χ2v) is 6.00. The van der Waals surface area contributed by atoms with Gasteiger partial charge >= 0.3 is 6.03 Å². The van der Waals surface area contributed by atoms with Gasteiger partial charge in [-0.05, 0) is 24.8 Å². The highest BCUT2D eigenvalue weighted by atomic mass is 16.2. The van der Waals surface area contributed by atoms with Gasteiger partial charge in [0.2, 0.25) is 11.8 Å². The summed E-state index contributed by atoms with van der Waals surface area (Å²) in [4.78, 5) is 39.4. The van der Waals surface area contributed by atoms with Gasteiger partial charge in [-0.25, -0.2) is 4.79 Å². The minimum absolute atomic E-state index is 0.0313. The van der Waals surface area contributed by atoms with Crippen LogP contribution < -0.4 is 5.32 Å². The highest BCUT2D eigenvalue weighted by Crippen LogP contribution is 2.33. The number of β-lactam (4-membered cyclic amide) rings is 1. The number of benzene rings is 1. The van der Waals surface area contributed by atoms with Crippen LogP contribution in [0.2, 0.25) is 0 Å². The van der Waals surface area contributed by atoms with Gasteiger partial charge in [-0.3, -0.25) is 14.5 Å². The molecular formula is C17H21N3O3. The Morgan fingerprint density at radius 2 is 1.91 bits per heavy atom. The van der Waals surface area contributed by atoms with E-state index in [1.54, 1.807) is 4.90 Å². The summed E-state index contributed by atoms with van der Waals surface area (Å²) in [5.74, 6) is -0.563. The van der Waals surface area contributed by atoms with Crippen molar-refractivity contribution in [2.75, 3.05) is 13.6 Å². The molecule has 122 valence electrons. The van der Waals surface area contributed by atoms with Crippen molar-refractivity contribution < 1.29 is 14.4 Å². The van der Waals surface area contributed by atoms with Crippen LogP contribution in [0.5, 0.6) is 0 Å². The Kier molecular flexibility index (Phi) is 4.32. The van der Waals surface area contributed by atoms with Gasteiger partial charge in [0.1, 0.15) is 6.04 Å². The number of rotatable bonds is 2. The second kappa shape index (κ2) is 6.40. The maximum Gasteiger partial charge on any atom is 0.327 e. The van der Waals surface area contributed by atoms with E-state index in [1.807, 2.05) is 30.3 Å². The first kappa shape index (κ1) is 15.5. The van der Waals surface area contributed by atoms with Crippen molar-refractivity contribution in [2.45, 2.75) is 37.8 Å². The van der Waals surface area contributed by atoms with E-state index in [2.05, 4.69) is 5.32 Å². The zero-order chi connectivity index (χ0) is 16.4. The van der Waals surface area contributed by atoms with Gasteiger partial charge in [0.05, 0.1) is 12.5 Å². The zero-order valence-electron chi connectivity index (χ0n) is 13.2. The Morgan fingerprint density at radius 1 is 1.17 bits per heavy atom. The third-order valence-electron chi connectivity index (χ3n) is 4.64. The van der Waals surface area contributed by atoms with Gasteiger partial charge < -0.3 is 10.2 Å². The monoisotopic (exact) mass is 315 g/mol. The fourth-order valence-corrected chi connectivity index (χ4v) is 3.35. The van der Waals surface area contributed by atoms with Crippen LogP contribution in [0, 0.1) is 0 Å². The van der Waals surface area contributed by atoms with Gasteiger partial charge in [0.15, 0.2) is 0 Å². The Morgan fingerprint density at radius 3 is 2.57 bits per heavy atom. The number of hydrogen-bond donors (Lipinski definition) is 1. The van der Waals surface area contributed by atoms with Crippen LogP contribution in [0.1, 0.15) is 37.3 Å². The smallest absolute Gasteiger partial charge is 0.327 e. The molecule has 23 heavy (non-hydrogen) atoms. The van der Waals surface area contributed by atoms with E-state index in [0.29, 0.717) is 6.54 Å². The normalized spacial score (nSPS) is 24.1. The first-order valence-corrected chi connectivity index (χ1v) is 8.02. The molecule has 6 heteroatoms. The average Bonchev–Trinajstić information content (AvgIpc) is 2.59. The molecule has 3 rings (SSSR count). The lowest BCUT2D eigenvalue weighted by Gasteiger charge is -2.44. The molecule has 4 amide bonds. The van der Waals surface area contributed by atoms with Gasteiger partial charge in [0, 0.05) is 13.6 Å². The Bertz CT molecular complexity index is 617. The van der Waals surface area contributed by atoms with E-state index in [0.717, 1.165) is 29.7 Å². The summed E-state index contributed by atoms with van der Waals surface area (Å²) in [7, 11) is 1.52.